The van der Waals surface area contributed by atoms with Gasteiger partial charge in [0.25, 0.3) is 0 Å². The second kappa shape index (κ2) is 7.02. The Hall–Kier alpha value is -2.38. The molecule has 3 rings (SSSR count). The second-order valence-electron chi connectivity index (χ2n) is 4.78. The molecule has 0 N–H and O–H groups in total. The van der Waals surface area contributed by atoms with E-state index in [0.717, 1.165) is 11.3 Å². The molecule has 1 aromatic carbocycles. The van der Waals surface area contributed by atoms with Crippen molar-refractivity contribution in [3.05, 3.63) is 63.6 Å². The fraction of sp³-hybridized carbons (Fsp3) is 0.125. The van der Waals surface area contributed by atoms with Crippen LogP contribution < -0.4 is 0 Å². The van der Waals surface area contributed by atoms with Crippen molar-refractivity contribution in [1.82, 2.24) is 15.0 Å². The fourth-order valence-electron chi connectivity index (χ4n) is 1.96. The van der Waals surface area contributed by atoms with E-state index in [4.69, 9.17) is 16.3 Å². The van der Waals surface area contributed by atoms with E-state index < -0.39 is 11.8 Å². The molecule has 0 aliphatic carbocycles. The van der Waals surface area contributed by atoms with Gasteiger partial charge in [-0.2, -0.15) is 0 Å². The molecular weight excluding hydrogens is 353 g/mol. The van der Waals surface area contributed by atoms with Crippen LogP contribution in [0.25, 0.3) is 10.8 Å². The summed E-state index contributed by atoms with van der Waals surface area (Å²) in [6.45, 7) is 1.44. The third kappa shape index (κ3) is 3.42. The summed E-state index contributed by atoms with van der Waals surface area (Å²) in [5, 5.41) is 0.728. The minimum atomic E-state index is -0.591. The molecule has 122 valence electrons. The summed E-state index contributed by atoms with van der Waals surface area (Å²) in [5.74, 6) is -0.678. The van der Waals surface area contributed by atoms with Crippen LogP contribution in [-0.4, -0.2) is 20.9 Å². The van der Waals surface area contributed by atoms with E-state index in [0.29, 0.717) is 21.4 Å². The minimum absolute atomic E-state index is 0.140. The van der Waals surface area contributed by atoms with Crippen LogP contribution >= 0.6 is 22.9 Å². The maximum Gasteiger partial charge on any atom is 0.350 e. The number of carbonyl (C=O) groups is 1. The van der Waals surface area contributed by atoms with E-state index in [1.807, 2.05) is 0 Å². The van der Waals surface area contributed by atoms with E-state index in [-0.39, 0.29) is 17.2 Å². The maximum atomic E-state index is 13.7. The number of hydrogen-bond donors (Lipinski definition) is 0. The zero-order valence-electron chi connectivity index (χ0n) is 12.5. The number of rotatable bonds is 4. The molecule has 0 saturated heterocycles. The van der Waals surface area contributed by atoms with Crippen LogP contribution in [0.4, 0.5) is 4.39 Å². The Morgan fingerprint density at radius 1 is 1.29 bits per heavy atom. The number of thiazole rings is 1. The van der Waals surface area contributed by atoms with Gasteiger partial charge in [-0.1, -0.05) is 17.7 Å². The van der Waals surface area contributed by atoms with Crippen molar-refractivity contribution >= 4 is 28.9 Å². The highest BCUT2D eigenvalue weighted by atomic mass is 35.5. The van der Waals surface area contributed by atoms with Crippen molar-refractivity contribution in [3.63, 3.8) is 0 Å². The quantitative estimate of drug-likeness (QED) is 0.654. The van der Waals surface area contributed by atoms with Gasteiger partial charge in [0.2, 0.25) is 0 Å². The van der Waals surface area contributed by atoms with Crippen LogP contribution in [-0.2, 0) is 11.3 Å². The van der Waals surface area contributed by atoms with Crippen molar-refractivity contribution in [1.29, 1.82) is 0 Å². The van der Waals surface area contributed by atoms with Crippen molar-refractivity contribution in [2.24, 2.45) is 0 Å². The number of benzene rings is 1. The maximum absolute atomic E-state index is 13.7. The molecular formula is C16H11ClFN3O2S. The molecule has 8 heteroatoms. The summed E-state index contributed by atoms with van der Waals surface area (Å²) >= 11 is 7.04. The number of halogens is 2. The lowest BCUT2D eigenvalue weighted by atomic mass is 10.2. The number of esters is 1. The van der Waals surface area contributed by atoms with Gasteiger partial charge in [0, 0.05) is 18.0 Å². The summed E-state index contributed by atoms with van der Waals surface area (Å²) in [5.41, 5.74) is 0.647. The van der Waals surface area contributed by atoms with Gasteiger partial charge < -0.3 is 4.74 Å². The highest BCUT2D eigenvalue weighted by Crippen LogP contribution is 2.27. The lowest BCUT2D eigenvalue weighted by Crippen LogP contribution is -2.06. The molecule has 0 fully saturated rings. The summed E-state index contributed by atoms with van der Waals surface area (Å²) in [6.07, 6.45) is 3.19. The van der Waals surface area contributed by atoms with Crippen LogP contribution in [0.3, 0.4) is 0 Å². The van der Waals surface area contributed by atoms with E-state index in [1.165, 1.54) is 18.2 Å². The highest BCUT2D eigenvalue weighted by molar-refractivity contribution is 7.16. The molecule has 2 aromatic heterocycles. The topological polar surface area (TPSA) is 65.0 Å². The Morgan fingerprint density at radius 3 is 2.75 bits per heavy atom. The van der Waals surface area contributed by atoms with Gasteiger partial charge in [0.05, 0.1) is 10.7 Å². The normalized spacial score (nSPS) is 10.6. The lowest BCUT2D eigenvalue weighted by molar-refractivity contribution is 0.0474. The molecule has 0 bridgehead atoms. The largest absolute Gasteiger partial charge is 0.456 e. The van der Waals surface area contributed by atoms with Gasteiger partial charge in [-0.05, 0) is 25.1 Å². The average Bonchev–Trinajstić information content (AvgIpc) is 2.97. The first kappa shape index (κ1) is 16.5. The van der Waals surface area contributed by atoms with Crippen LogP contribution in [0, 0.1) is 12.7 Å². The monoisotopic (exact) mass is 363 g/mol. The molecule has 0 amide bonds. The average molecular weight is 364 g/mol. The van der Waals surface area contributed by atoms with E-state index in [1.54, 1.807) is 25.4 Å². The first-order valence-corrected chi connectivity index (χ1v) is 8.10. The number of nitrogens with zero attached hydrogens (tertiary/aromatic N) is 3. The van der Waals surface area contributed by atoms with E-state index in [9.17, 15) is 9.18 Å². The second-order valence-corrected chi connectivity index (χ2v) is 6.19. The Bertz CT molecular complexity index is 866. The Morgan fingerprint density at radius 2 is 2.04 bits per heavy atom. The summed E-state index contributed by atoms with van der Waals surface area (Å²) in [6, 6.07) is 5.98. The van der Waals surface area contributed by atoms with Crippen LogP contribution in [0.2, 0.25) is 5.02 Å². The molecule has 0 aliphatic rings. The summed E-state index contributed by atoms with van der Waals surface area (Å²) in [7, 11) is 0. The Balaban J connectivity index is 1.77. The summed E-state index contributed by atoms with van der Waals surface area (Å²) in [4.78, 5) is 25.1. The molecule has 0 radical (unpaired) electrons. The molecule has 0 spiro atoms. The molecule has 0 unspecified atom stereocenters. The van der Waals surface area contributed by atoms with Crippen molar-refractivity contribution in [3.8, 4) is 10.8 Å². The minimum Gasteiger partial charge on any atom is -0.456 e. The SMILES string of the molecule is Cc1nc(-c2ncccn2)sc1C(=O)OCc1c(F)cccc1Cl. The van der Waals surface area contributed by atoms with Gasteiger partial charge in [-0.3, -0.25) is 0 Å². The number of ether oxygens (including phenoxy) is 1. The Labute approximate surface area is 146 Å². The highest BCUT2D eigenvalue weighted by Gasteiger charge is 2.19. The zero-order valence-corrected chi connectivity index (χ0v) is 14.1. The standard InChI is InChI=1S/C16H11ClFN3O2S/c1-9-13(24-15(21-9)14-19-6-3-7-20-14)16(22)23-8-10-11(17)4-2-5-12(10)18/h2-7H,8H2,1H3. The summed E-state index contributed by atoms with van der Waals surface area (Å²) < 4.78 is 18.9. The van der Waals surface area contributed by atoms with Crippen molar-refractivity contribution in [2.45, 2.75) is 13.5 Å². The molecule has 2 heterocycles. The number of aryl methyl sites for hydroxylation is 1. The smallest absolute Gasteiger partial charge is 0.350 e. The molecule has 24 heavy (non-hydrogen) atoms. The van der Waals surface area contributed by atoms with Gasteiger partial charge in [0.1, 0.15) is 17.3 Å². The first-order chi connectivity index (χ1) is 11.6. The molecule has 0 aliphatic heterocycles. The van der Waals surface area contributed by atoms with Crippen molar-refractivity contribution < 1.29 is 13.9 Å². The predicted octanol–water partition coefficient (Wildman–Crippen LogP) is 4.06. The van der Waals surface area contributed by atoms with Crippen molar-refractivity contribution in [2.75, 3.05) is 0 Å². The molecule has 0 saturated carbocycles. The number of carbonyl (C=O) groups excluding carboxylic acids is 1. The lowest BCUT2D eigenvalue weighted by Gasteiger charge is -2.06. The van der Waals surface area contributed by atoms with Crippen LogP contribution in [0.1, 0.15) is 20.9 Å². The number of hydrogen-bond acceptors (Lipinski definition) is 6. The molecule has 5 nitrogen and oxygen atoms in total. The van der Waals surface area contributed by atoms with Crippen LogP contribution in [0.15, 0.2) is 36.7 Å². The first-order valence-electron chi connectivity index (χ1n) is 6.91. The third-order valence-electron chi connectivity index (χ3n) is 3.15. The molecule has 0 atom stereocenters. The van der Waals surface area contributed by atoms with E-state index >= 15 is 0 Å². The van der Waals surface area contributed by atoms with Crippen LogP contribution in [0.5, 0.6) is 0 Å². The zero-order chi connectivity index (χ0) is 17.1. The van der Waals surface area contributed by atoms with Gasteiger partial charge >= 0.3 is 5.97 Å². The molecule has 3 aromatic rings. The van der Waals surface area contributed by atoms with Gasteiger partial charge in [-0.25, -0.2) is 24.1 Å². The fourth-order valence-corrected chi connectivity index (χ4v) is 3.09. The predicted molar refractivity (Wildman–Crippen MR) is 88.4 cm³/mol. The Kier molecular flexibility index (Phi) is 4.82. The van der Waals surface area contributed by atoms with E-state index in [2.05, 4.69) is 15.0 Å². The van der Waals surface area contributed by atoms with Gasteiger partial charge in [0.15, 0.2) is 10.8 Å². The number of aromatic nitrogens is 3. The third-order valence-corrected chi connectivity index (χ3v) is 4.64. The van der Waals surface area contributed by atoms with Gasteiger partial charge in [-0.15, -0.1) is 11.3 Å².